The van der Waals surface area contributed by atoms with Gasteiger partial charge in [-0.2, -0.15) is 0 Å². The topological polar surface area (TPSA) is 57.7 Å². The van der Waals surface area contributed by atoms with Crippen molar-refractivity contribution in [2.45, 2.75) is 24.7 Å². The van der Waals surface area contributed by atoms with Gasteiger partial charge in [-0.15, -0.1) is 0 Å². The molecule has 22 heavy (non-hydrogen) atoms. The van der Waals surface area contributed by atoms with Crippen LogP contribution in [0.25, 0.3) is 0 Å². The van der Waals surface area contributed by atoms with Crippen molar-refractivity contribution >= 4 is 31.9 Å². The number of carbonyl (C=O) groups is 1. The van der Waals surface area contributed by atoms with Crippen molar-refractivity contribution in [3.05, 3.63) is 28.2 Å². The summed E-state index contributed by atoms with van der Waals surface area (Å²) in [7, 11) is -0.640. The minimum absolute atomic E-state index is 0.103. The number of piperidine rings is 1. The Bertz CT molecular complexity index is 673. The number of rotatable bonds is 3. The molecule has 5 nitrogen and oxygen atoms in total. The zero-order valence-corrected chi connectivity index (χ0v) is 15.4. The molecule has 1 aromatic rings. The summed E-state index contributed by atoms with van der Waals surface area (Å²) in [5.74, 6) is 0.382. The number of amides is 1. The molecule has 1 saturated heterocycles. The van der Waals surface area contributed by atoms with E-state index in [4.69, 9.17) is 0 Å². The van der Waals surface area contributed by atoms with Crippen LogP contribution in [-0.2, 0) is 10.0 Å². The Morgan fingerprint density at radius 2 is 2.05 bits per heavy atom. The van der Waals surface area contributed by atoms with Crippen molar-refractivity contribution in [1.82, 2.24) is 9.21 Å². The second-order valence-corrected chi connectivity index (χ2v) is 8.91. The molecule has 122 valence electrons. The maximum Gasteiger partial charge on any atom is 0.253 e. The van der Waals surface area contributed by atoms with Gasteiger partial charge in [0.2, 0.25) is 10.0 Å². The number of likely N-dealkylation sites (tertiary alicyclic amines) is 1. The molecule has 1 amide bonds. The monoisotopic (exact) mass is 388 g/mol. The third-order valence-corrected chi connectivity index (χ3v) is 6.69. The van der Waals surface area contributed by atoms with Crippen LogP contribution in [0.4, 0.5) is 0 Å². The van der Waals surface area contributed by atoms with Crippen LogP contribution in [-0.4, -0.2) is 50.7 Å². The number of nitrogens with zero attached hydrogens (tertiary/aromatic N) is 2. The summed E-state index contributed by atoms with van der Waals surface area (Å²) in [4.78, 5) is 14.5. The normalized spacial score (nSPS) is 19.5. The standard InChI is InChI=1S/C15H21BrN2O3S/c1-11-5-4-8-18(10-11)15(19)12-6-7-13(16)14(9-12)22(20,21)17(2)3/h6-7,9,11H,4-5,8,10H2,1-3H3. The molecular formula is C15H21BrN2O3S. The number of hydrogen-bond acceptors (Lipinski definition) is 3. The van der Waals surface area contributed by atoms with Crippen LogP contribution in [0.2, 0.25) is 0 Å². The fourth-order valence-electron chi connectivity index (χ4n) is 2.59. The lowest BCUT2D eigenvalue weighted by molar-refractivity contribution is 0.0683. The summed E-state index contributed by atoms with van der Waals surface area (Å²) in [5, 5.41) is 0. The summed E-state index contributed by atoms with van der Waals surface area (Å²) in [5.41, 5.74) is 0.415. The second-order valence-electron chi connectivity index (χ2n) is 5.93. The van der Waals surface area contributed by atoms with E-state index in [9.17, 15) is 13.2 Å². The molecule has 1 atom stereocenters. The number of sulfonamides is 1. The number of carbonyl (C=O) groups excluding carboxylic acids is 1. The van der Waals surface area contributed by atoms with E-state index >= 15 is 0 Å². The molecule has 7 heteroatoms. The first-order chi connectivity index (χ1) is 10.2. The lowest BCUT2D eigenvalue weighted by atomic mass is 9.99. The molecule has 0 radical (unpaired) electrons. The molecular weight excluding hydrogens is 368 g/mol. The molecule has 0 bridgehead atoms. The summed E-state index contributed by atoms with van der Waals surface area (Å²) < 4.78 is 26.3. The highest BCUT2D eigenvalue weighted by Gasteiger charge is 2.25. The third-order valence-electron chi connectivity index (χ3n) is 3.88. The van der Waals surface area contributed by atoms with E-state index in [0.29, 0.717) is 16.0 Å². The summed E-state index contributed by atoms with van der Waals surface area (Å²) in [6.07, 6.45) is 2.12. The molecule has 0 aromatic heterocycles. The van der Waals surface area contributed by atoms with Crippen LogP contribution in [0.3, 0.4) is 0 Å². The fourth-order valence-corrected chi connectivity index (χ4v) is 4.43. The highest BCUT2D eigenvalue weighted by molar-refractivity contribution is 9.10. The summed E-state index contributed by atoms with van der Waals surface area (Å²) in [6, 6.07) is 4.75. The van der Waals surface area contributed by atoms with Gasteiger partial charge >= 0.3 is 0 Å². The van der Waals surface area contributed by atoms with Gasteiger partial charge in [0.15, 0.2) is 0 Å². The van der Waals surface area contributed by atoms with Crippen LogP contribution in [0.5, 0.6) is 0 Å². The lowest BCUT2D eigenvalue weighted by Crippen LogP contribution is -2.39. The maximum absolute atomic E-state index is 12.6. The van der Waals surface area contributed by atoms with E-state index in [1.54, 1.807) is 12.1 Å². The first-order valence-corrected chi connectivity index (χ1v) is 9.48. The molecule has 1 unspecified atom stereocenters. The largest absolute Gasteiger partial charge is 0.338 e. The van der Waals surface area contributed by atoms with E-state index in [1.807, 2.05) is 4.90 Å². The van der Waals surface area contributed by atoms with Crippen molar-refractivity contribution in [3.63, 3.8) is 0 Å². The van der Waals surface area contributed by atoms with Gasteiger partial charge < -0.3 is 4.90 Å². The van der Waals surface area contributed by atoms with Crippen LogP contribution < -0.4 is 0 Å². The number of benzene rings is 1. The second kappa shape index (κ2) is 6.68. The lowest BCUT2D eigenvalue weighted by Gasteiger charge is -2.31. The average Bonchev–Trinajstić information content (AvgIpc) is 2.46. The summed E-state index contributed by atoms with van der Waals surface area (Å²) >= 11 is 3.26. The Balaban J connectivity index is 2.35. The molecule has 2 rings (SSSR count). The zero-order valence-electron chi connectivity index (χ0n) is 13.0. The Kier molecular flexibility index (Phi) is 5.29. The highest BCUT2D eigenvalue weighted by atomic mass is 79.9. The van der Waals surface area contributed by atoms with Gasteiger partial charge in [0.25, 0.3) is 5.91 Å². The third kappa shape index (κ3) is 3.52. The average molecular weight is 389 g/mol. The van der Waals surface area contributed by atoms with Crippen molar-refractivity contribution in [2.24, 2.45) is 5.92 Å². The van der Waals surface area contributed by atoms with Gasteiger partial charge in [-0.1, -0.05) is 6.92 Å². The SMILES string of the molecule is CC1CCCN(C(=O)c2ccc(Br)c(S(=O)(=O)N(C)C)c2)C1. The van der Waals surface area contributed by atoms with Crippen molar-refractivity contribution in [3.8, 4) is 0 Å². The Morgan fingerprint density at radius 1 is 1.36 bits per heavy atom. The van der Waals surface area contributed by atoms with Crippen LogP contribution in [0.1, 0.15) is 30.1 Å². The predicted molar refractivity (Wildman–Crippen MR) is 89.3 cm³/mol. The highest BCUT2D eigenvalue weighted by Crippen LogP contribution is 2.26. The van der Waals surface area contributed by atoms with Gasteiger partial charge in [0, 0.05) is 37.2 Å². The van der Waals surface area contributed by atoms with Gasteiger partial charge in [0.1, 0.15) is 0 Å². The molecule has 0 N–H and O–H groups in total. The van der Waals surface area contributed by atoms with Crippen molar-refractivity contribution in [2.75, 3.05) is 27.2 Å². The predicted octanol–water partition coefficient (Wildman–Crippen LogP) is 2.57. The zero-order chi connectivity index (χ0) is 16.5. The van der Waals surface area contributed by atoms with Crippen LogP contribution in [0, 0.1) is 5.92 Å². The minimum Gasteiger partial charge on any atom is -0.338 e. The van der Waals surface area contributed by atoms with E-state index < -0.39 is 10.0 Å². The molecule has 1 fully saturated rings. The molecule has 1 aromatic carbocycles. The van der Waals surface area contributed by atoms with E-state index in [1.165, 1.54) is 20.2 Å². The first-order valence-electron chi connectivity index (χ1n) is 7.25. The molecule has 0 saturated carbocycles. The summed E-state index contributed by atoms with van der Waals surface area (Å²) in [6.45, 7) is 3.59. The van der Waals surface area contributed by atoms with Crippen molar-refractivity contribution in [1.29, 1.82) is 0 Å². The molecule has 1 aliphatic rings. The fraction of sp³-hybridized carbons (Fsp3) is 0.533. The molecule has 0 spiro atoms. The smallest absolute Gasteiger partial charge is 0.253 e. The number of halogens is 1. The van der Waals surface area contributed by atoms with Gasteiger partial charge in [-0.3, -0.25) is 4.79 Å². The van der Waals surface area contributed by atoms with Crippen molar-refractivity contribution < 1.29 is 13.2 Å². The van der Waals surface area contributed by atoms with Gasteiger partial charge in [0.05, 0.1) is 4.90 Å². The molecule has 0 aliphatic carbocycles. The maximum atomic E-state index is 12.6. The Hall–Kier alpha value is -0.920. The number of hydrogen-bond donors (Lipinski definition) is 0. The van der Waals surface area contributed by atoms with Crippen LogP contribution in [0.15, 0.2) is 27.6 Å². The van der Waals surface area contributed by atoms with Gasteiger partial charge in [-0.25, -0.2) is 12.7 Å². The minimum atomic E-state index is -3.59. The van der Waals surface area contributed by atoms with E-state index in [2.05, 4.69) is 22.9 Å². The van der Waals surface area contributed by atoms with E-state index in [-0.39, 0.29) is 10.8 Å². The van der Waals surface area contributed by atoms with Gasteiger partial charge in [-0.05, 0) is 52.9 Å². The Labute approximate surface area is 140 Å². The van der Waals surface area contributed by atoms with E-state index in [0.717, 1.165) is 30.2 Å². The molecule has 1 aliphatic heterocycles. The van der Waals surface area contributed by atoms with Crippen LogP contribution >= 0.6 is 15.9 Å². The molecule has 1 heterocycles. The first kappa shape index (κ1) is 17.4. The quantitative estimate of drug-likeness (QED) is 0.799. The Morgan fingerprint density at radius 3 is 2.64 bits per heavy atom.